The number of hydrogen-bond acceptors (Lipinski definition) is 3. The van der Waals surface area contributed by atoms with E-state index in [1.165, 1.54) is 11.3 Å². The number of aryl methyl sites for hydroxylation is 1. The molecule has 1 atom stereocenters. The smallest absolute Gasteiger partial charge is 0.140 e. The first kappa shape index (κ1) is 23.8. The molecule has 2 N–H and O–H groups in total. The zero-order valence-corrected chi connectivity index (χ0v) is 20.5. The molecule has 4 heteroatoms. The number of unbranched alkanes of at least 4 members (excludes halogenated alkanes) is 1. The lowest BCUT2D eigenvalue weighted by molar-refractivity contribution is 0.454. The highest BCUT2D eigenvalue weighted by atomic mass is 16.3. The molecule has 1 heterocycles. The molecule has 176 valence electrons. The normalized spacial score (nSPS) is 12.1. The van der Waals surface area contributed by atoms with Crippen LogP contribution in [0.4, 0.5) is 0 Å². The fourth-order valence-corrected chi connectivity index (χ4v) is 4.57. The van der Waals surface area contributed by atoms with Crippen LogP contribution in [0.15, 0.2) is 78.9 Å². The molecular weight excluding hydrogens is 418 g/mol. The van der Waals surface area contributed by atoms with Gasteiger partial charge in [0, 0.05) is 30.3 Å². The summed E-state index contributed by atoms with van der Waals surface area (Å²) in [4.78, 5) is 5.22. The average Bonchev–Trinajstić information content (AvgIpc) is 3.27. The van der Waals surface area contributed by atoms with Crippen molar-refractivity contribution in [3.05, 3.63) is 95.7 Å². The van der Waals surface area contributed by atoms with Gasteiger partial charge in [-0.25, -0.2) is 4.98 Å². The molecule has 0 amide bonds. The van der Waals surface area contributed by atoms with E-state index in [0.717, 1.165) is 60.6 Å². The first-order valence-corrected chi connectivity index (χ1v) is 12.4. The van der Waals surface area contributed by atoms with Gasteiger partial charge in [-0.3, -0.25) is 0 Å². The lowest BCUT2D eigenvalue weighted by Crippen LogP contribution is -2.24. The van der Waals surface area contributed by atoms with Gasteiger partial charge in [0.2, 0.25) is 0 Å². The summed E-state index contributed by atoms with van der Waals surface area (Å²) >= 11 is 0. The molecule has 1 unspecified atom stereocenters. The number of imidazole rings is 1. The summed E-state index contributed by atoms with van der Waals surface area (Å²) in [5.74, 6) is 1.36. The van der Waals surface area contributed by atoms with Crippen molar-refractivity contribution in [1.82, 2.24) is 14.9 Å². The van der Waals surface area contributed by atoms with Crippen LogP contribution >= 0.6 is 0 Å². The van der Waals surface area contributed by atoms with E-state index in [2.05, 4.69) is 84.4 Å². The minimum atomic E-state index is 0.161. The van der Waals surface area contributed by atoms with Crippen LogP contribution in [0.25, 0.3) is 22.6 Å². The number of nitrogens with one attached hydrogen (secondary N) is 1. The highest BCUT2D eigenvalue weighted by molar-refractivity contribution is 5.69. The highest BCUT2D eigenvalue weighted by Gasteiger charge is 2.25. The molecule has 0 aliphatic carbocycles. The number of aromatic nitrogens is 2. The van der Waals surface area contributed by atoms with Crippen molar-refractivity contribution in [3.8, 4) is 28.4 Å². The standard InChI is InChI=1S/C30H35N3O/c1-4-6-17-26(31-21-23-18-19-27(34)22(3)20-23)29-28(24-13-9-7-10-14-24)32-30(33(29)5-2)25-15-11-8-12-16-25/h7-16,18-20,26,31,34H,4-6,17,21H2,1-3H3. The Kier molecular flexibility index (Phi) is 7.81. The number of nitrogens with zero attached hydrogens (tertiary/aromatic N) is 2. The van der Waals surface area contributed by atoms with E-state index in [4.69, 9.17) is 4.98 Å². The summed E-state index contributed by atoms with van der Waals surface area (Å²) in [6.07, 6.45) is 3.31. The van der Waals surface area contributed by atoms with Crippen LogP contribution in [0, 0.1) is 6.92 Å². The molecule has 3 aromatic carbocycles. The van der Waals surface area contributed by atoms with Crippen molar-refractivity contribution in [2.45, 2.75) is 59.2 Å². The quantitative estimate of drug-likeness (QED) is 0.265. The monoisotopic (exact) mass is 453 g/mol. The lowest BCUT2D eigenvalue weighted by Gasteiger charge is -2.23. The van der Waals surface area contributed by atoms with Crippen molar-refractivity contribution in [3.63, 3.8) is 0 Å². The van der Waals surface area contributed by atoms with Crippen LogP contribution in [-0.2, 0) is 13.1 Å². The summed E-state index contributed by atoms with van der Waals surface area (Å²) in [6, 6.07) is 27.0. The molecule has 0 aliphatic heterocycles. The van der Waals surface area contributed by atoms with E-state index < -0.39 is 0 Å². The van der Waals surface area contributed by atoms with Gasteiger partial charge in [0.1, 0.15) is 11.6 Å². The largest absolute Gasteiger partial charge is 0.508 e. The topological polar surface area (TPSA) is 50.1 Å². The maximum Gasteiger partial charge on any atom is 0.140 e. The predicted octanol–water partition coefficient (Wildman–Crippen LogP) is 7.27. The molecule has 4 nitrogen and oxygen atoms in total. The van der Waals surface area contributed by atoms with Gasteiger partial charge in [0.05, 0.1) is 11.4 Å². The number of phenols is 1. The maximum absolute atomic E-state index is 9.93. The van der Waals surface area contributed by atoms with Crippen molar-refractivity contribution in [1.29, 1.82) is 0 Å². The Bertz CT molecular complexity index is 1200. The summed E-state index contributed by atoms with van der Waals surface area (Å²) < 4.78 is 2.38. The Morgan fingerprint density at radius 1 is 0.912 bits per heavy atom. The predicted molar refractivity (Wildman–Crippen MR) is 141 cm³/mol. The third-order valence-electron chi connectivity index (χ3n) is 6.39. The fraction of sp³-hybridized carbons (Fsp3) is 0.300. The van der Waals surface area contributed by atoms with Crippen LogP contribution in [0.1, 0.15) is 56.0 Å². The average molecular weight is 454 g/mol. The Morgan fingerprint density at radius 2 is 1.59 bits per heavy atom. The molecule has 0 spiro atoms. The SMILES string of the molecule is CCCCC(NCc1ccc(O)c(C)c1)c1c(-c2ccccc2)nc(-c2ccccc2)n1CC. The minimum absolute atomic E-state index is 0.161. The molecule has 0 bridgehead atoms. The first-order valence-electron chi connectivity index (χ1n) is 12.4. The van der Waals surface area contributed by atoms with E-state index in [-0.39, 0.29) is 6.04 Å². The molecule has 0 fully saturated rings. The van der Waals surface area contributed by atoms with Gasteiger partial charge < -0.3 is 15.0 Å². The fourth-order valence-electron chi connectivity index (χ4n) is 4.57. The van der Waals surface area contributed by atoms with E-state index in [1.807, 2.05) is 19.1 Å². The maximum atomic E-state index is 9.93. The number of hydrogen-bond donors (Lipinski definition) is 2. The lowest BCUT2D eigenvalue weighted by atomic mass is 10.0. The van der Waals surface area contributed by atoms with Crippen molar-refractivity contribution in [2.75, 3.05) is 0 Å². The Balaban J connectivity index is 1.79. The summed E-state index contributed by atoms with van der Waals surface area (Å²) in [7, 11) is 0. The van der Waals surface area contributed by atoms with Crippen LogP contribution in [0.5, 0.6) is 5.75 Å². The molecular formula is C30H35N3O. The molecule has 0 saturated carbocycles. The zero-order chi connectivity index (χ0) is 23.9. The van der Waals surface area contributed by atoms with Gasteiger partial charge >= 0.3 is 0 Å². The second-order valence-corrected chi connectivity index (χ2v) is 8.84. The first-order chi connectivity index (χ1) is 16.6. The van der Waals surface area contributed by atoms with Crippen LogP contribution in [-0.4, -0.2) is 14.7 Å². The molecule has 4 rings (SSSR count). The van der Waals surface area contributed by atoms with Gasteiger partial charge in [-0.15, -0.1) is 0 Å². The second kappa shape index (κ2) is 11.2. The molecule has 34 heavy (non-hydrogen) atoms. The molecule has 0 saturated heterocycles. The summed E-state index contributed by atoms with van der Waals surface area (Å²) in [5, 5.41) is 13.8. The van der Waals surface area contributed by atoms with Crippen molar-refractivity contribution < 1.29 is 5.11 Å². The third kappa shape index (κ3) is 5.23. The highest BCUT2D eigenvalue weighted by Crippen LogP contribution is 2.35. The van der Waals surface area contributed by atoms with Gasteiger partial charge in [-0.1, -0.05) is 92.6 Å². The Morgan fingerprint density at radius 3 is 2.21 bits per heavy atom. The summed E-state index contributed by atoms with van der Waals surface area (Å²) in [6.45, 7) is 7.97. The van der Waals surface area contributed by atoms with E-state index >= 15 is 0 Å². The molecule has 0 aliphatic rings. The van der Waals surface area contributed by atoms with E-state index in [9.17, 15) is 5.11 Å². The number of aromatic hydroxyl groups is 1. The molecule has 0 radical (unpaired) electrons. The van der Waals surface area contributed by atoms with Crippen LogP contribution in [0.2, 0.25) is 0 Å². The number of benzene rings is 3. The van der Waals surface area contributed by atoms with Crippen molar-refractivity contribution in [2.24, 2.45) is 0 Å². The van der Waals surface area contributed by atoms with Crippen LogP contribution < -0.4 is 5.32 Å². The Hall–Kier alpha value is -3.37. The third-order valence-corrected chi connectivity index (χ3v) is 6.39. The van der Waals surface area contributed by atoms with E-state index in [0.29, 0.717) is 5.75 Å². The minimum Gasteiger partial charge on any atom is -0.508 e. The van der Waals surface area contributed by atoms with Gasteiger partial charge in [0.25, 0.3) is 0 Å². The molecule has 1 aromatic heterocycles. The van der Waals surface area contributed by atoms with Gasteiger partial charge in [0.15, 0.2) is 0 Å². The van der Waals surface area contributed by atoms with Gasteiger partial charge in [-0.2, -0.15) is 0 Å². The molecule has 4 aromatic rings. The van der Waals surface area contributed by atoms with Crippen LogP contribution in [0.3, 0.4) is 0 Å². The second-order valence-electron chi connectivity index (χ2n) is 8.84. The van der Waals surface area contributed by atoms with E-state index in [1.54, 1.807) is 6.07 Å². The number of phenolic OH excluding ortho intramolecular Hbond substituents is 1. The Labute approximate surface area is 203 Å². The number of rotatable bonds is 10. The van der Waals surface area contributed by atoms with Gasteiger partial charge in [-0.05, 0) is 37.5 Å². The summed E-state index contributed by atoms with van der Waals surface area (Å²) in [5.41, 5.74) is 6.65. The van der Waals surface area contributed by atoms with Crippen molar-refractivity contribution >= 4 is 0 Å². The zero-order valence-electron chi connectivity index (χ0n) is 20.5.